The molecule has 1 heterocycles. The standard InChI is InChI=1S/C20H21F2NO4/c21-20(22)27-17-8-4-7-16(11-17)19(24)26-14-18-13-23(9-10-25-18)12-15-5-2-1-3-6-15/h1-8,11,18,20H,9-10,12-14H2. The van der Waals surface area contributed by atoms with Crippen molar-refractivity contribution in [2.45, 2.75) is 19.3 Å². The Morgan fingerprint density at radius 2 is 2.00 bits per heavy atom. The van der Waals surface area contributed by atoms with Crippen LogP contribution in [-0.4, -0.2) is 49.9 Å². The fraction of sp³-hybridized carbons (Fsp3) is 0.350. The molecule has 2 aromatic rings. The van der Waals surface area contributed by atoms with Gasteiger partial charge >= 0.3 is 12.6 Å². The van der Waals surface area contributed by atoms with Crippen LogP contribution in [-0.2, 0) is 16.0 Å². The number of esters is 1. The summed E-state index contributed by atoms with van der Waals surface area (Å²) in [6.07, 6.45) is -0.230. The van der Waals surface area contributed by atoms with Crippen LogP contribution in [0.25, 0.3) is 0 Å². The molecule has 0 aliphatic carbocycles. The Labute approximate surface area is 156 Å². The topological polar surface area (TPSA) is 48.0 Å². The van der Waals surface area contributed by atoms with Crippen molar-refractivity contribution in [2.75, 3.05) is 26.3 Å². The van der Waals surface area contributed by atoms with Crippen molar-refractivity contribution in [3.8, 4) is 5.75 Å². The van der Waals surface area contributed by atoms with Crippen LogP contribution < -0.4 is 4.74 Å². The second-order valence-electron chi connectivity index (χ2n) is 6.22. The SMILES string of the molecule is O=C(OCC1CN(Cc2ccccc2)CCO1)c1cccc(OC(F)F)c1. The quantitative estimate of drug-likeness (QED) is 0.693. The van der Waals surface area contributed by atoms with Crippen LogP contribution in [0.4, 0.5) is 8.78 Å². The molecule has 0 amide bonds. The molecule has 1 fully saturated rings. The average molecular weight is 377 g/mol. The molecule has 1 aliphatic rings. The minimum Gasteiger partial charge on any atom is -0.459 e. The molecule has 1 atom stereocenters. The Hall–Kier alpha value is -2.51. The van der Waals surface area contributed by atoms with Crippen molar-refractivity contribution in [2.24, 2.45) is 0 Å². The van der Waals surface area contributed by atoms with Gasteiger partial charge in [-0.3, -0.25) is 4.90 Å². The highest BCUT2D eigenvalue weighted by Gasteiger charge is 2.22. The fourth-order valence-corrected chi connectivity index (χ4v) is 2.92. The first kappa shape index (κ1) is 19.3. The van der Waals surface area contributed by atoms with Crippen molar-refractivity contribution in [3.63, 3.8) is 0 Å². The largest absolute Gasteiger partial charge is 0.459 e. The molecule has 0 N–H and O–H groups in total. The summed E-state index contributed by atoms with van der Waals surface area (Å²) in [4.78, 5) is 14.4. The van der Waals surface area contributed by atoms with Gasteiger partial charge in [0.15, 0.2) is 0 Å². The summed E-state index contributed by atoms with van der Waals surface area (Å²) in [7, 11) is 0. The molecule has 0 radical (unpaired) electrons. The number of hydrogen-bond donors (Lipinski definition) is 0. The molecule has 5 nitrogen and oxygen atoms in total. The van der Waals surface area contributed by atoms with Gasteiger partial charge in [-0.15, -0.1) is 0 Å². The number of hydrogen-bond acceptors (Lipinski definition) is 5. The number of benzene rings is 2. The normalized spacial score (nSPS) is 17.7. The van der Waals surface area contributed by atoms with Crippen LogP contribution in [0.1, 0.15) is 15.9 Å². The van der Waals surface area contributed by atoms with Crippen LogP contribution >= 0.6 is 0 Å². The van der Waals surface area contributed by atoms with E-state index < -0.39 is 12.6 Å². The van der Waals surface area contributed by atoms with Gasteiger partial charge in [0.2, 0.25) is 0 Å². The van der Waals surface area contributed by atoms with E-state index >= 15 is 0 Å². The lowest BCUT2D eigenvalue weighted by Gasteiger charge is -2.32. The van der Waals surface area contributed by atoms with Gasteiger partial charge in [0, 0.05) is 19.6 Å². The number of morpholine rings is 1. The predicted octanol–water partition coefficient (Wildman–Crippen LogP) is 3.35. The third kappa shape index (κ3) is 6.01. The molecule has 144 valence electrons. The second-order valence-corrected chi connectivity index (χ2v) is 6.22. The van der Waals surface area contributed by atoms with Crippen LogP contribution in [0, 0.1) is 0 Å². The van der Waals surface area contributed by atoms with E-state index in [4.69, 9.17) is 9.47 Å². The number of carbonyl (C=O) groups excluding carboxylic acids is 1. The Bertz CT molecular complexity index is 742. The number of alkyl halides is 2. The third-order valence-electron chi connectivity index (χ3n) is 4.17. The summed E-state index contributed by atoms with van der Waals surface area (Å²) < 4.78 is 39.8. The smallest absolute Gasteiger partial charge is 0.387 e. The lowest BCUT2D eigenvalue weighted by Crippen LogP contribution is -2.44. The molecular weight excluding hydrogens is 356 g/mol. The van der Waals surface area contributed by atoms with Crippen molar-refractivity contribution < 1.29 is 27.8 Å². The molecule has 2 aromatic carbocycles. The zero-order chi connectivity index (χ0) is 19.1. The van der Waals surface area contributed by atoms with Gasteiger partial charge in [0.05, 0.1) is 12.2 Å². The lowest BCUT2D eigenvalue weighted by molar-refractivity contribution is -0.0613. The molecule has 7 heteroatoms. The van der Waals surface area contributed by atoms with Crippen molar-refractivity contribution in [1.29, 1.82) is 0 Å². The van der Waals surface area contributed by atoms with E-state index in [1.807, 2.05) is 18.2 Å². The zero-order valence-corrected chi connectivity index (χ0v) is 14.7. The molecule has 1 saturated heterocycles. The summed E-state index contributed by atoms with van der Waals surface area (Å²) in [5.41, 5.74) is 1.37. The highest BCUT2D eigenvalue weighted by atomic mass is 19.3. The van der Waals surface area contributed by atoms with E-state index in [0.717, 1.165) is 13.1 Å². The van der Waals surface area contributed by atoms with E-state index in [9.17, 15) is 13.6 Å². The highest BCUT2D eigenvalue weighted by molar-refractivity contribution is 5.89. The number of carbonyl (C=O) groups is 1. The highest BCUT2D eigenvalue weighted by Crippen LogP contribution is 2.17. The summed E-state index contributed by atoms with van der Waals surface area (Å²) in [6.45, 7) is -0.0100. The fourth-order valence-electron chi connectivity index (χ4n) is 2.92. The van der Waals surface area contributed by atoms with Gasteiger partial charge < -0.3 is 14.2 Å². The van der Waals surface area contributed by atoms with E-state index in [0.29, 0.717) is 13.2 Å². The Morgan fingerprint density at radius 1 is 1.19 bits per heavy atom. The lowest BCUT2D eigenvalue weighted by atomic mass is 10.2. The van der Waals surface area contributed by atoms with Crippen molar-refractivity contribution >= 4 is 5.97 Å². The van der Waals surface area contributed by atoms with E-state index in [2.05, 4.69) is 21.8 Å². The minimum atomic E-state index is -2.94. The Kier molecular flexibility index (Phi) is 6.73. The van der Waals surface area contributed by atoms with Crippen LogP contribution in [0.2, 0.25) is 0 Å². The molecule has 0 bridgehead atoms. The average Bonchev–Trinajstić information content (AvgIpc) is 2.67. The number of halogens is 2. The number of rotatable bonds is 7. The monoisotopic (exact) mass is 377 g/mol. The molecule has 27 heavy (non-hydrogen) atoms. The molecule has 3 rings (SSSR count). The van der Waals surface area contributed by atoms with Crippen molar-refractivity contribution in [3.05, 3.63) is 65.7 Å². The third-order valence-corrected chi connectivity index (χ3v) is 4.17. The van der Waals surface area contributed by atoms with Crippen LogP contribution in [0.15, 0.2) is 54.6 Å². The van der Waals surface area contributed by atoms with Crippen LogP contribution in [0.3, 0.4) is 0 Å². The first-order chi connectivity index (χ1) is 13.1. The molecule has 0 spiro atoms. The first-order valence-corrected chi connectivity index (χ1v) is 8.70. The van der Waals surface area contributed by atoms with Gasteiger partial charge in [-0.25, -0.2) is 4.79 Å². The van der Waals surface area contributed by atoms with Gasteiger partial charge in [-0.05, 0) is 23.8 Å². The van der Waals surface area contributed by atoms with Gasteiger partial charge in [-0.1, -0.05) is 36.4 Å². The van der Waals surface area contributed by atoms with E-state index in [-0.39, 0.29) is 24.0 Å². The molecule has 1 unspecified atom stereocenters. The molecular formula is C20H21F2NO4. The maximum Gasteiger partial charge on any atom is 0.387 e. The summed E-state index contributed by atoms with van der Waals surface area (Å²) >= 11 is 0. The molecule has 0 aromatic heterocycles. The number of nitrogens with zero attached hydrogens (tertiary/aromatic N) is 1. The minimum absolute atomic E-state index is 0.0811. The molecule has 0 saturated carbocycles. The maximum absolute atomic E-state index is 12.3. The first-order valence-electron chi connectivity index (χ1n) is 8.70. The summed E-state index contributed by atoms with van der Waals surface area (Å²) in [6, 6.07) is 15.7. The number of ether oxygens (including phenoxy) is 3. The van der Waals surface area contributed by atoms with Gasteiger partial charge in [-0.2, -0.15) is 8.78 Å². The summed E-state index contributed by atoms with van der Waals surface area (Å²) in [5.74, 6) is -0.680. The van der Waals surface area contributed by atoms with Gasteiger partial charge in [0.1, 0.15) is 18.5 Å². The van der Waals surface area contributed by atoms with E-state index in [1.165, 1.54) is 29.8 Å². The van der Waals surface area contributed by atoms with E-state index in [1.54, 1.807) is 0 Å². The van der Waals surface area contributed by atoms with Gasteiger partial charge in [0.25, 0.3) is 0 Å². The Morgan fingerprint density at radius 3 is 2.78 bits per heavy atom. The maximum atomic E-state index is 12.3. The van der Waals surface area contributed by atoms with Crippen molar-refractivity contribution in [1.82, 2.24) is 4.90 Å². The van der Waals surface area contributed by atoms with Crippen LogP contribution in [0.5, 0.6) is 5.75 Å². The summed E-state index contributed by atoms with van der Waals surface area (Å²) in [5, 5.41) is 0. The predicted molar refractivity (Wildman–Crippen MR) is 94.8 cm³/mol. The second kappa shape index (κ2) is 9.43. The Balaban J connectivity index is 1.49. The molecule has 1 aliphatic heterocycles. The zero-order valence-electron chi connectivity index (χ0n) is 14.7.